The van der Waals surface area contributed by atoms with Gasteiger partial charge in [-0.1, -0.05) is 30.3 Å². The topological polar surface area (TPSA) is 52.4 Å². The number of hydrogen-bond acceptors (Lipinski definition) is 5. The Hall–Kier alpha value is -2.44. The largest absolute Gasteiger partial charge is 0.349 e. The molecule has 6 heteroatoms. The van der Waals surface area contributed by atoms with Crippen LogP contribution in [0.5, 0.6) is 0 Å². The van der Waals surface area contributed by atoms with Crippen molar-refractivity contribution in [3.8, 4) is 0 Å². The fourth-order valence-corrected chi connectivity index (χ4v) is 3.23. The smallest absolute Gasteiger partial charge is 0.171 e. The second-order valence-electron chi connectivity index (χ2n) is 6.74. The summed E-state index contributed by atoms with van der Waals surface area (Å²) < 4.78 is 11.9. The molecule has 2 aromatic carbocycles. The molecule has 0 saturated carbocycles. The van der Waals surface area contributed by atoms with E-state index in [9.17, 15) is 0 Å². The normalized spacial score (nSPS) is 20.7. The monoisotopic (exact) mass is 338 g/mol. The van der Waals surface area contributed by atoms with Gasteiger partial charge in [-0.2, -0.15) is 15.0 Å². The molecule has 0 radical (unpaired) electrons. The van der Waals surface area contributed by atoms with Crippen molar-refractivity contribution in [2.75, 3.05) is 18.6 Å². The van der Waals surface area contributed by atoms with Crippen molar-refractivity contribution in [2.45, 2.75) is 31.9 Å². The Morgan fingerprint density at radius 2 is 1.64 bits per heavy atom. The Morgan fingerprint density at radius 1 is 1.04 bits per heavy atom. The number of anilines is 1. The molecule has 1 aliphatic heterocycles. The van der Waals surface area contributed by atoms with Gasteiger partial charge in [-0.05, 0) is 38.1 Å². The third-order valence-electron chi connectivity index (χ3n) is 4.46. The van der Waals surface area contributed by atoms with Gasteiger partial charge in [0.05, 0.1) is 6.61 Å². The zero-order valence-corrected chi connectivity index (χ0v) is 14.7. The summed E-state index contributed by atoms with van der Waals surface area (Å²) in [5.41, 5.74) is 2.81. The first-order valence-electron chi connectivity index (χ1n) is 8.45. The second kappa shape index (κ2) is 6.13. The first-order chi connectivity index (χ1) is 12.0. The number of aromatic nitrogens is 3. The molecule has 3 aromatic rings. The van der Waals surface area contributed by atoms with Crippen molar-refractivity contribution in [1.29, 1.82) is 0 Å². The zero-order valence-electron chi connectivity index (χ0n) is 14.7. The lowest BCUT2D eigenvalue weighted by molar-refractivity contribution is -0.144. The third kappa shape index (κ3) is 3.10. The van der Waals surface area contributed by atoms with Crippen molar-refractivity contribution < 1.29 is 9.47 Å². The van der Waals surface area contributed by atoms with Crippen molar-refractivity contribution in [3.63, 3.8) is 0 Å². The van der Waals surface area contributed by atoms with Gasteiger partial charge < -0.3 is 14.4 Å². The first-order valence-corrected chi connectivity index (χ1v) is 8.45. The number of ether oxygens (including phenoxy) is 2. The quantitative estimate of drug-likeness (QED) is 0.731. The Bertz CT molecular complexity index is 829. The lowest BCUT2D eigenvalue weighted by atomic mass is 10.2. The predicted octanol–water partition coefficient (Wildman–Crippen LogP) is 3.22. The SMILES string of the molecule is CN(c1ccccc1)C([C@H]1COC(C)(C)O1)n1nc2ccccc2n1. The predicted molar refractivity (Wildman–Crippen MR) is 96.3 cm³/mol. The summed E-state index contributed by atoms with van der Waals surface area (Å²) >= 11 is 0. The summed E-state index contributed by atoms with van der Waals surface area (Å²) in [7, 11) is 2.03. The highest BCUT2D eigenvalue weighted by Gasteiger charge is 2.41. The van der Waals surface area contributed by atoms with E-state index in [1.807, 2.05) is 63.4 Å². The van der Waals surface area contributed by atoms with Gasteiger partial charge >= 0.3 is 0 Å². The highest BCUT2D eigenvalue weighted by molar-refractivity contribution is 5.73. The Morgan fingerprint density at radius 3 is 2.20 bits per heavy atom. The van der Waals surface area contributed by atoms with Gasteiger partial charge in [-0.25, -0.2) is 0 Å². The van der Waals surface area contributed by atoms with Crippen LogP contribution in [-0.4, -0.2) is 40.5 Å². The van der Waals surface area contributed by atoms with Gasteiger partial charge in [0.2, 0.25) is 0 Å². The van der Waals surface area contributed by atoms with E-state index in [-0.39, 0.29) is 12.3 Å². The Labute approximate surface area is 147 Å². The number of benzene rings is 2. The first kappa shape index (κ1) is 16.1. The second-order valence-corrected chi connectivity index (χ2v) is 6.74. The molecule has 1 saturated heterocycles. The van der Waals surface area contributed by atoms with E-state index in [0.29, 0.717) is 6.61 Å². The van der Waals surface area contributed by atoms with Crippen LogP contribution in [0.15, 0.2) is 54.6 Å². The van der Waals surface area contributed by atoms with Crippen LogP contribution >= 0.6 is 0 Å². The average molecular weight is 338 g/mol. The Balaban J connectivity index is 1.75. The fraction of sp³-hybridized carbons (Fsp3) is 0.368. The van der Waals surface area contributed by atoms with Crippen LogP contribution in [0.25, 0.3) is 11.0 Å². The van der Waals surface area contributed by atoms with E-state index in [1.54, 1.807) is 4.80 Å². The van der Waals surface area contributed by atoms with Gasteiger partial charge in [0.15, 0.2) is 12.0 Å². The van der Waals surface area contributed by atoms with Crippen LogP contribution in [0.1, 0.15) is 20.0 Å². The maximum Gasteiger partial charge on any atom is 0.171 e. The molecule has 1 aliphatic rings. The lowest BCUT2D eigenvalue weighted by Gasteiger charge is -2.32. The number of likely N-dealkylation sites (N-methyl/N-ethyl adjacent to an activating group) is 1. The third-order valence-corrected chi connectivity index (χ3v) is 4.46. The molecule has 130 valence electrons. The van der Waals surface area contributed by atoms with Crippen LogP contribution in [0, 0.1) is 0 Å². The van der Waals surface area contributed by atoms with Crippen LogP contribution in [0.2, 0.25) is 0 Å². The van der Waals surface area contributed by atoms with Gasteiger partial charge in [0.25, 0.3) is 0 Å². The van der Waals surface area contributed by atoms with Gasteiger partial charge in [-0.3, -0.25) is 0 Å². The molecular formula is C19H22N4O2. The van der Waals surface area contributed by atoms with E-state index in [0.717, 1.165) is 16.7 Å². The summed E-state index contributed by atoms with van der Waals surface area (Å²) in [6.07, 6.45) is -0.390. The van der Waals surface area contributed by atoms with E-state index >= 15 is 0 Å². The Kier molecular flexibility index (Phi) is 3.94. The summed E-state index contributed by atoms with van der Waals surface area (Å²) in [4.78, 5) is 3.88. The number of para-hydroxylation sites is 1. The molecule has 0 aliphatic carbocycles. The maximum atomic E-state index is 6.14. The van der Waals surface area contributed by atoms with Crippen LogP contribution in [0.3, 0.4) is 0 Å². The number of hydrogen-bond donors (Lipinski definition) is 0. The molecule has 1 unspecified atom stereocenters. The summed E-state index contributed by atoms with van der Waals surface area (Å²) in [5, 5.41) is 9.36. The molecule has 1 aromatic heterocycles. The van der Waals surface area contributed by atoms with Crippen LogP contribution in [-0.2, 0) is 9.47 Å². The van der Waals surface area contributed by atoms with Crippen molar-refractivity contribution in [1.82, 2.24) is 15.0 Å². The van der Waals surface area contributed by atoms with Gasteiger partial charge in [0.1, 0.15) is 17.1 Å². The van der Waals surface area contributed by atoms with E-state index in [1.165, 1.54) is 0 Å². The molecule has 0 spiro atoms. The molecule has 2 heterocycles. The minimum Gasteiger partial charge on any atom is -0.349 e. The van der Waals surface area contributed by atoms with E-state index < -0.39 is 5.79 Å². The molecule has 0 bridgehead atoms. The highest BCUT2D eigenvalue weighted by Crippen LogP contribution is 2.32. The van der Waals surface area contributed by atoms with Gasteiger partial charge in [-0.15, -0.1) is 0 Å². The molecule has 0 amide bonds. The fourth-order valence-electron chi connectivity index (χ4n) is 3.23. The molecule has 6 nitrogen and oxygen atoms in total. The minimum atomic E-state index is -0.604. The maximum absolute atomic E-state index is 6.14. The van der Waals surface area contributed by atoms with E-state index in [4.69, 9.17) is 9.47 Å². The molecular weight excluding hydrogens is 316 g/mol. The summed E-state index contributed by atoms with van der Waals surface area (Å²) in [6, 6.07) is 18.0. The molecule has 4 rings (SSSR count). The van der Waals surface area contributed by atoms with E-state index in [2.05, 4.69) is 27.2 Å². The number of rotatable bonds is 4. The molecule has 0 N–H and O–H groups in total. The van der Waals surface area contributed by atoms with Gasteiger partial charge in [0, 0.05) is 12.7 Å². The zero-order chi connectivity index (χ0) is 17.4. The van der Waals surface area contributed by atoms with Crippen molar-refractivity contribution in [3.05, 3.63) is 54.6 Å². The molecule has 1 fully saturated rings. The lowest BCUT2D eigenvalue weighted by Crippen LogP contribution is -2.41. The van der Waals surface area contributed by atoms with Crippen LogP contribution in [0.4, 0.5) is 5.69 Å². The number of fused-ring (bicyclic) bond motifs is 1. The summed E-state index contributed by atoms with van der Waals surface area (Å²) in [6.45, 7) is 4.35. The molecule has 2 atom stereocenters. The van der Waals surface area contributed by atoms with Crippen LogP contribution < -0.4 is 4.90 Å². The summed E-state index contributed by atoms with van der Waals surface area (Å²) in [5.74, 6) is -0.604. The molecule has 25 heavy (non-hydrogen) atoms. The highest BCUT2D eigenvalue weighted by atomic mass is 16.7. The minimum absolute atomic E-state index is 0.179. The standard InChI is InChI=1S/C19H22N4O2/c1-19(2)24-13-17(25-19)18(22(3)14-9-5-4-6-10-14)23-20-15-11-7-8-12-16(15)21-23/h4-12,17-18H,13H2,1-3H3/t17-,18?/m1/s1. The number of nitrogens with zero attached hydrogens (tertiary/aromatic N) is 4. The van der Waals surface area contributed by atoms with Crippen molar-refractivity contribution in [2.24, 2.45) is 0 Å². The van der Waals surface area contributed by atoms with Crippen molar-refractivity contribution >= 4 is 16.7 Å². The average Bonchev–Trinajstić information content (AvgIpc) is 3.19.